The molecule has 2 aromatic rings. The number of thioether (sulfide) groups is 1. The number of aryl methyl sites for hydroxylation is 4. The van der Waals surface area contributed by atoms with Crippen molar-refractivity contribution in [1.82, 2.24) is 0 Å². The van der Waals surface area contributed by atoms with Crippen molar-refractivity contribution in [2.24, 2.45) is 5.92 Å². The summed E-state index contributed by atoms with van der Waals surface area (Å²) in [5.41, 5.74) is 6.50. The van der Waals surface area contributed by atoms with E-state index in [1.165, 1.54) is 27.1 Å². The minimum absolute atomic E-state index is 0.106. The molecule has 160 valence electrons. The van der Waals surface area contributed by atoms with Gasteiger partial charge in [-0.25, -0.2) is 0 Å². The third-order valence-corrected chi connectivity index (χ3v) is 7.15. The SMILES string of the molecule is CCc1ccc(SCCC2CC(=O)C(c3c(CC)cc(C)cc3CC)=C(O)C2)cc1. The normalized spacial score (nSPS) is 16.9. The monoisotopic (exact) mass is 422 g/mol. The average molecular weight is 423 g/mol. The number of benzene rings is 2. The molecule has 1 N–H and O–H groups in total. The quantitative estimate of drug-likeness (QED) is 0.460. The molecule has 0 saturated carbocycles. The maximum atomic E-state index is 13.1. The predicted octanol–water partition coefficient (Wildman–Crippen LogP) is 7.11. The molecule has 1 unspecified atom stereocenters. The first-order valence-corrected chi connectivity index (χ1v) is 12.2. The van der Waals surface area contributed by atoms with E-state index < -0.39 is 0 Å². The van der Waals surface area contributed by atoms with Gasteiger partial charge in [0.25, 0.3) is 0 Å². The summed E-state index contributed by atoms with van der Waals surface area (Å²) in [5.74, 6) is 1.59. The number of Topliss-reactive ketones (excluding diaryl/α,β-unsaturated/α-hetero) is 1. The Morgan fingerprint density at radius 3 is 2.13 bits per heavy atom. The molecule has 1 aliphatic carbocycles. The molecule has 0 aromatic heterocycles. The number of aliphatic hydroxyl groups excluding tert-OH is 1. The second-order valence-electron chi connectivity index (χ2n) is 8.32. The van der Waals surface area contributed by atoms with Crippen LogP contribution in [-0.4, -0.2) is 16.6 Å². The molecule has 0 heterocycles. The highest BCUT2D eigenvalue weighted by molar-refractivity contribution is 7.99. The Kier molecular flexibility index (Phi) is 7.82. The first-order chi connectivity index (χ1) is 14.5. The first kappa shape index (κ1) is 22.7. The maximum absolute atomic E-state index is 13.1. The molecule has 0 fully saturated rings. The summed E-state index contributed by atoms with van der Waals surface area (Å²) < 4.78 is 0. The topological polar surface area (TPSA) is 37.3 Å². The van der Waals surface area contributed by atoms with Crippen LogP contribution in [0.2, 0.25) is 0 Å². The van der Waals surface area contributed by atoms with E-state index in [-0.39, 0.29) is 11.7 Å². The zero-order valence-corrected chi connectivity index (χ0v) is 19.6. The number of aliphatic hydroxyl groups is 1. The molecule has 0 radical (unpaired) electrons. The summed E-state index contributed by atoms with van der Waals surface area (Å²) in [6, 6.07) is 13.1. The van der Waals surface area contributed by atoms with Crippen molar-refractivity contribution < 1.29 is 9.90 Å². The van der Waals surface area contributed by atoms with Gasteiger partial charge in [0.2, 0.25) is 0 Å². The van der Waals surface area contributed by atoms with Crippen molar-refractivity contribution in [2.45, 2.75) is 71.1 Å². The fourth-order valence-electron chi connectivity index (χ4n) is 4.45. The van der Waals surface area contributed by atoms with Gasteiger partial charge in [-0.15, -0.1) is 11.8 Å². The highest BCUT2D eigenvalue weighted by Gasteiger charge is 2.30. The Morgan fingerprint density at radius 2 is 1.60 bits per heavy atom. The summed E-state index contributed by atoms with van der Waals surface area (Å²) in [5, 5.41) is 10.9. The van der Waals surface area contributed by atoms with Crippen LogP contribution < -0.4 is 0 Å². The lowest BCUT2D eigenvalue weighted by Crippen LogP contribution is -2.21. The number of ketones is 1. The summed E-state index contributed by atoms with van der Waals surface area (Å²) in [7, 11) is 0. The van der Waals surface area contributed by atoms with E-state index >= 15 is 0 Å². The number of allylic oxidation sites excluding steroid dienone is 2. The van der Waals surface area contributed by atoms with Crippen molar-refractivity contribution in [2.75, 3.05) is 5.75 Å². The minimum atomic E-state index is 0.106. The van der Waals surface area contributed by atoms with Crippen LogP contribution in [0.3, 0.4) is 0 Å². The molecular weight excluding hydrogens is 388 g/mol. The molecular formula is C27H34O2S. The molecule has 2 aromatic carbocycles. The zero-order chi connectivity index (χ0) is 21.7. The molecule has 1 aliphatic rings. The van der Waals surface area contributed by atoms with Gasteiger partial charge in [0, 0.05) is 17.7 Å². The van der Waals surface area contributed by atoms with E-state index in [0.717, 1.165) is 37.0 Å². The Morgan fingerprint density at radius 1 is 0.967 bits per heavy atom. The van der Waals surface area contributed by atoms with E-state index in [2.05, 4.69) is 64.1 Å². The molecule has 0 amide bonds. The lowest BCUT2D eigenvalue weighted by molar-refractivity contribution is -0.115. The molecule has 30 heavy (non-hydrogen) atoms. The lowest BCUT2D eigenvalue weighted by Gasteiger charge is -2.26. The van der Waals surface area contributed by atoms with Crippen LogP contribution >= 0.6 is 11.8 Å². The Hall–Kier alpha value is -2.00. The number of hydrogen-bond acceptors (Lipinski definition) is 3. The van der Waals surface area contributed by atoms with Crippen LogP contribution in [0.1, 0.15) is 67.9 Å². The maximum Gasteiger partial charge on any atom is 0.167 e. The van der Waals surface area contributed by atoms with Crippen molar-refractivity contribution in [3.05, 3.63) is 70.0 Å². The van der Waals surface area contributed by atoms with Gasteiger partial charge < -0.3 is 5.11 Å². The summed E-state index contributed by atoms with van der Waals surface area (Å²) >= 11 is 1.84. The van der Waals surface area contributed by atoms with Crippen molar-refractivity contribution >= 4 is 23.1 Å². The Balaban J connectivity index is 1.72. The van der Waals surface area contributed by atoms with E-state index in [4.69, 9.17) is 0 Å². The number of rotatable bonds is 8. The van der Waals surface area contributed by atoms with Crippen LogP contribution in [0.15, 0.2) is 47.1 Å². The first-order valence-electron chi connectivity index (χ1n) is 11.3. The van der Waals surface area contributed by atoms with Gasteiger partial charge in [0.1, 0.15) is 5.76 Å². The lowest BCUT2D eigenvalue weighted by atomic mass is 9.79. The Bertz CT molecular complexity index is 899. The summed E-state index contributed by atoms with van der Waals surface area (Å²) in [4.78, 5) is 14.4. The highest BCUT2D eigenvalue weighted by Crippen LogP contribution is 2.38. The van der Waals surface area contributed by atoms with E-state index in [9.17, 15) is 9.90 Å². The van der Waals surface area contributed by atoms with Crippen molar-refractivity contribution in [1.29, 1.82) is 0 Å². The van der Waals surface area contributed by atoms with Crippen LogP contribution in [-0.2, 0) is 24.1 Å². The molecule has 2 nitrogen and oxygen atoms in total. The summed E-state index contributed by atoms with van der Waals surface area (Å²) in [6.07, 6.45) is 4.88. The second-order valence-corrected chi connectivity index (χ2v) is 9.49. The van der Waals surface area contributed by atoms with Crippen molar-refractivity contribution in [3.8, 4) is 0 Å². The van der Waals surface area contributed by atoms with Gasteiger partial charge in [0.15, 0.2) is 5.78 Å². The number of carbonyl (C=O) groups is 1. The molecule has 0 spiro atoms. The third kappa shape index (κ3) is 5.18. The van der Waals surface area contributed by atoms with Crippen molar-refractivity contribution in [3.63, 3.8) is 0 Å². The molecule has 1 atom stereocenters. The van der Waals surface area contributed by atoms with E-state index in [1.807, 2.05) is 11.8 Å². The third-order valence-electron chi connectivity index (χ3n) is 6.11. The van der Waals surface area contributed by atoms with Crippen LogP contribution in [0.5, 0.6) is 0 Å². The van der Waals surface area contributed by atoms with Gasteiger partial charge in [0.05, 0.1) is 5.57 Å². The van der Waals surface area contributed by atoms with Gasteiger partial charge in [-0.1, -0.05) is 50.6 Å². The summed E-state index contributed by atoms with van der Waals surface area (Å²) in [6.45, 7) is 8.51. The number of carbonyl (C=O) groups excluding carboxylic acids is 1. The van der Waals surface area contributed by atoms with E-state index in [1.54, 1.807) is 0 Å². The van der Waals surface area contributed by atoms with Crippen LogP contribution in [0, 0.1) is 12.8 Å². The zero-order valence-electron chi connectivity index (χ0n) is 18.8. The smallest absolute Gasteiger partial charge is 0.167 e. The molecule has 0 saturated heterocycles. The van der Waals surface area contributed by atoms with Gasteiger partial charge in [-0.2, -0.15) is 0 Å². The minimum Gasteiger partial charge on any atom is -0.512 e. The Labute approximate surface area is 185 Å². The molecule has 3 rings (SSSR count). The fraction of sp³-hybridized carbons (Fsp3) is 0.444. The fourth-order valence-corrected chi connectivity index (χ4v) is 5.46. The molecule has 0 aliphatic heterocycles. The van der Waals surface area contributed by atoms with Crippen LogP contribution in [0.25, 0.3) is 5.57 Å². The second kappa shape index (κ2) is 10.3. The number of hydrogen-bond donors (Lipinski definition) is 1. The largest absolute Gasteiger partial charge is 0.512 e. The standard InChI is InChI=1S/C27H34O2S/c1-5-19-8-10-23(11-9-19)30-13-12-20-16-24(28)27(25(29)17-20)26-21(6-2)14-18(4)15-22(26)7-3/h8-11,14-15,20,28H,5-7,12-13,16-17H2,1-4H3. The highest BCUT2D eigenvalue weighted by atomic mass is 32.2. The molecule has 0 bridgehead atoms. The van der Waals surface area contributed by atoms with Gasteiger partial charge >= 0.3 is 0 Å². The predicted molar refractivity (Wildman–Crippen MR) is 128 cm³/mol. The van der Waals surface area contributed by atoms with Gasteiger partial charge in [-0.3, -0.25) is 4.79 Å². The van der Waals surface area contributed by atoms with E-state index in [0.29, 0.717) is 24.2 Å². The average Bonchev–Trinajstić information content (AvgIpc) is 2.74. The van der Waals surface area contributed by atoms with Gasteiger partial charge in [-0.05, 0) is 78.7 Å². The molecule has 3 heteroatoms. The van der Waals surface area contributed by atoms with Crippen LogP contribution in [0.4, 0.5) is 0 Å².